The minimum atomic E-state index is 0.319. The lowest BCUT2D eigenvalue weighted by atomic mass is 10.3. The first-order valence-electron chi connectivity index (χ1n) is 3.03. The number of hydrogen-bond donors (Lipinski definition) is 1. The Hall–Kier alpha value is -0.440. The van der Waals surface area contributed by atoms with Crippen LogP contribution in [0.25, 0.3) is 0 Å². The van der Waals surface area contributed by atoms with Crippen LogP contribution in [0.1, 0.15) is 19.8 Å². The minimum absolute atomic E-state index is 0.319. The maximum atomic E-state index is 3.94. The fourth-order valence-corrected chi connectivity index (χ4v) is 0.760. The van der Waals surface area contributed by atoms with Gasteiger partial charge in [0, 0.05) is 0 Å². The number of azo groups is 1. The van der Waals surface area contributed by atoms with Crippen LogP contribution in [-0.4, -0.2) is 12.8 Å². The van der Waals surface area contributed by atoms with Crippen molar-refractivity contribution in [3.63, 3.8) is 0 Å². The lowest BCUT2D eigenvalue weighted by molar-refractivity contribution is 0.551. The Morgan fingerprint density at radius 2 is 2.62 bits per heavy atom. The van der Waals surface area contributed by atoms with Gasteiger partial charge in [-0.2, -0.15) is 10.2 Å². The average Bonchev–Trinajstić information content (AvgIpc) is 2.19. The Kier molecular flexibility index (Phi) is 1.97. The maximum absolute atomic E-state index is 3.94. The molecule has 0 saturated heterocycles. The van der Waals surface area contributed by atoms with Crippen molar-refractivity contribution in [2.75, 3.05) is 6.67 Å². The van der Waals surface area contributed by atoms with Crippen molar-refractivity contribution in [1.29, 1.82) is 0 Å². The molecule has 3 heteroatoms. The van der Waals surface area contributed by atoms with Crippen molar-refractivity contribution >= 4 is 0 Å². The van der Waals surface area contributed by atoms with E-state index in [0.29, 0.717) is 12.8 Å². The van der Waals surface area contributed by atoms with Crippen LogP contribution < -0.4 is 5.32 Å². The molecule has 0 aromatic carbocycles. The molecular weight excluding hydrogens is 102 g/mol. The van der Waals surface area contributed by atoms with Gasteiger partial charge in [0.25, 0.3) is 0 Å². The van der Waals surface area contributed by atoms with Crippen LogP contribution in [0.3, 0.4) is 0 Å². The molecule has 1 rings (SSSR count). The first-order valence-corrected chi connectivity index (χ1v) is 3.03. The summed E-state index contributed by atoms with van der Waals surface area (Å²) in [4.78, 5) is 0. The van der Waals surface area contributed by atoms with Crippen LogP contribution in [0.2, 0.25) is 0 Å². The Balaban J connectivity index is 2.16. The SMILES string of the molecule is CCCC1N=NCN1. The molecule has 0 amide bonds. The standard InChI is InChI=1S/C5H11N3/c1-2-3-5-6-4-7-8-5/h5-6H,2-4H2,1H3. The first kappa shape index (κ1) is 5.69. The molecule has 0 aliphatic carbocycles. The summed E-state index contributed by atoms with van der Waals surface area (Å²) in [6.07, 6.45) is 2.61. The topological polar surface area (TPSA) is 36.8 Å². The summed E-state index contributed by atoms with van der Waals surface area (Å²) in [5.41, 5.74) is 0. The summed E-state index contributed by atoms with van der Waals surface area (Å²) in [5, 5.41) is 10.9. The molecular formula is C5H11N3. The van der Waals surface area contributed by atoms with Gasteiger partial charge in [0.05, 0.1) is 0 Å². The van der Waals surface area contributed by atoms with Crippen molar-refractivity contribution < 1.29 is 0 Å². The molecule has 1 unspecified atom stereocenters. The van der Waals surface area contributed by atoms with E-state index < -0.39 is 0 Å². The first-order chi connectivity index (χ1) is 3.93. The predicted molar refractivity (Wildman–Crippen MR) is 31.6 cm³/mol. The molecule has 0 fully saturated rings. The zero-order chi connectivity index (χ0) is 5.82. The molecule has 1 N–H and O–H groups in total. The Morgan fingerprint density at radius 1 is 1.75 bits per heavy atom. The normalized spacial score (nSPS) is 26.9. The van der Waals surface area contributed by atoms with E-state index in [0.717, 1.165) is 6.42 Å². The van der Waals surface area contributed by atoms with Gasteiger partial charge in [-0.25, -0.2) is 0 Å². The van der Waals surface area contributed by atoms with Gasteiger partial charge in [0.15, 0.2) is 0 Å². The van der Waals surface area contributed by atoms with Crippen LogP contribution in [0.4, 0.5) is 0 Å². The number of rotatable bonds is 2. The third-order valence-electron chi connectivity index (χ3n) is 1.18. The number of nitrogens with zero attached hydrogens (tertiary/aromatic N) is 2. The monoisotopic (exact) mass is 113 g/mol. The van der Waals surface area contributed by atoms with E-state index in [9.17, 15) is 0 Å². The molecule has 3 nitrogen and oxygen atoms in total. The van der Waals surface area contributed by atoms with Crippen molar-refractivity contribution in [3.05, 3.63) is 0 Å². The summed E-state index contributed by atoms with van der Waals surface area (Å²) in [6, 6.07) is 0. The molecule has 1 atom stereocenters. The zero-order valence-electron chi connectivity index (χ0n) is 5.09. The zero-order valence-corrected chi connectivity index (χ0v) is 5.09. The summed E-state index contributed by atoms with van der Waals surface area (Å²) < 4.78 is 0. The van der Waals surface area contributed by atoms with Crippen LogP contribution in [0.15, 0.2) is 10.2 Å². The molecule has 0 aromatic heterocycles. The summed E-state index contributed by atoms with van der Waals surface area (Å²) in [7, 11) is 0. The molecule has 1 heterocycles. The van der Waals surface area contributed by atoms with Crippen LogP contribution >= 0.6 is 0 Å². The average molecular weight is 113 g/mol. The predicted octanol–water partition coefficient (Wildman–Crippen LogP) is 1.13. The molecule has 1 aliphatic rings. The van der Waals surface area contributed by atoms with E-state index in [1.165, 1.54) is 6.42 Å². The van der Waals surface area contributed by atoms with Gasteiger partial charge in [-0.05, 0) is 6.42 Å². The fourth-order valence-electron chi connectivity index (χ4n) is 0.760. The highest BCUT2D eigenvalue weighted by atomic mass is 15.3. The second-order valence-electron chi connectivity index (χ2n) is 1.92. The highest BCUT2D eigenvalue weighted by molar-refractivity contribution is 4.64. The van der Waals surface area contributed by atoms with Gasteiger partial charge in [0.2, 0.25) is 0 Å². The summed E-state index contributed by atoms with van der Waals surface area (Å²) >= 11 is 0. The van der Waals surface area contributed by atoms with Gasteiger partial charge in [-0.3, -0.25) is 5.32 Å². The second kappa shape index (κ2) is 2.77. The highest BCUT2D eigenvalue weighted by Crippen LogP contribution is 2.02. The van der Waals surface area contributed by atoms with Gasteiger partial charge in [0.1, 0.15) is 12.8 Å². The van der Waals surface area contributed by atoms with Gasteiger partial charge in [-0.15, -0.1) is 0 Å². The molecule has 0 radical (unpaired) electrons. The Labute approximate surface area is 49.2 Å². The third kappa shape index (κ3) is 1.26. The summed E-state index contributed by atoms with van der Waals surface area (Å²) in [5.74, 6) is 0. The van der Waals surface area contributed by atoms with E-state index in [1.54, 1.807) is 0 Å². The lowest BCUT2D eigenvalue weighted by Gasteiger charge is -2.00. The summed E-state index contributed by atoms with van der Waals surface area (Å²) in [6.45, 7) is 2.86. The van der Waals surface area contributed by atoms with E-state index in [2.05, 4.69) is 22.5 Å². The van der Waals surface area contributed by atoms with Gasteiger partial charge >= 0.3 is 0 Å². The lowest BCUT2D eigenvalue weighted by Crippen LogP contribution is -2.20. The molecule has 0 bridgehead atoms. The van der Waals surface area contributed by atoms with E-state index in [4.69, 9.17) is 0 Å². The van der Waals surface area contributed by atoms with Crippen LogP contribution in [0, 0.1) is 0 Å². The molecule has 1 aliphatic heterocycles. The third-order valence-corrected chi connectivity index (χ3v) is 1.18. The largest absolute Gasteiger partial charge is 0.274 e. The molecule has 46 valence electrons. The second-order valence-corrected chi connectivity index (χ2v) is 1.92. The van der Waals surface area contributed by atoms with Crippen LogP contribution in [-0.2, 0) is 0 Å². The van der Waals surface area contributed by atoms with E-state index in [-0.39, 0.29) is 0 Å². The highest BCUT2D eigenvalue weighted by Gasteiger charge is 2.07. The van der Waals surface area contributed by atoms with Crippen molar-refractivity contribution in [2.24, 2.45) is 10.2 Å². The molecule has 0 saturated carbocycles. The van der Waals surface area contributed by atoms with E-state index in [1.807, 2.05) is 0 Å². The molecule has 8 heavy (non-hydrogen) atoms. The minimum Gasteiger partial charge on any atom is -0.274 e. The van der Waals surface area contributed by atoms with Gasteiger partial charge < -0.3 is 0 Å². The Morgan fingerprint density at radius 3 is 3.12 bits per heavy atom. The molecule has 0 aromatic rings. The Bertz CT molecular complexity index is 89.7. The quantitative estimate of drug-likeness (QED) is 0.572. The van der Waals surface area contributed by atoms with Crippen molar-refractivity contribution in [2.45, 2.75) is 25.9 Å². The number of nitrogens with one attached hydrogen (secondary N) is 1. The van der Waals surface area contributed by atoms with Crippen molar-refractivity contribution in [1.82, 2.24) is 5.32 Å². The molecule has 0 spiro atoms. The van der Waals surface area contributed by atoms with Crippen LogP contribution in [0.5, 0.6) is 0 Å². The maximum Gasteiger partial charge on any atom is 0.122 e. The smallest absolute Gasteiger partial charge is 0.122 e. The fraction of sp³-hybridized carbons (Fsp3) is 1.00. The van der Waals surface area contributed by atoms with Crippen molar-refractivity contribution in [3.8, 4) is 0 Å². The number of hydrogen-bond acceptors (Lipinski definition) is 3. The van der Waals surface area contributed by atoms with Gasteiger partial charge in [-0.1, -0.05) is 13.3 Å². The van der Waals surface area contributed by atoms with E-state index >= 15 is 0 Å².